The van der Waals surface area contributed by atoms with Gasteiger partial charge < -0.3 is 11.1 Å². The molecule has 1 amide bonds. The molecule has 1 unspecified atom stereocenters. The van der Waals surface area contributed by atoms with E-state index in [1.807, 2.05) is 30.5 Å². The van der Waals surface area contributed by atoms with E-state index >= 15 is 0 Å². The fraction of sp³-hybridized carbons (Fsp3) is 0.267. The molecule has 20 heavy (non-hydrogen) atoms. The van der Waals surface area contributed by atoms with E-state index in [4.69, 9.17) is 5.73 Å². The van der Waals surface area contributed by atoms with E-state index in [0.29, 0.717) is 18.5 Å². The van der Waals surface area contributed by atoms with Crippen LogP contribution in [0.2, 0.25) is 0 Å². The third-order valence-electron chi connectivity index (χ3n) is 2.98. The number of rotatable bonds is 6. The van der Waals surface area contributed by atoms with E-state index < -0.39 is 0 Å². The number of hydrogen-bond donors (Lipinski definition) is 2. The Labute approximate surface area is 121 Å². The van der Waals surface area contributed by atoms with Crippen molar-refractivity contribution in [2.45, 2.75) is 25.9 Å². The normalized spacial score (nSPS) is 12.3. The van der Waals surface area contributed by atoms with Crippen molar-refractivity contribution in [3.63, 3.8) is 0 Å². The number of carbonyl (C=O) groups is 1. The zero-order chi connectivity index (χ0) is 14.5. The maximum absolute atomic E-state index is 13.8. The van der Waals surface area contributed by atoms with Gasteiger partial charge in [-0.3, -0.25) is 4.79 Å². The molecule has 1 heterocycles. The molecule has 0 bridgehead atoms. The molecule has 2 aromatic rings. The van der Waals surface area contributed by atoms with Crippen molar-refractivity contribution in [2.24, 2.45) is 5.73 Å². The second kappa shape index (κ2) is 6.63. The quantitative estimate of drug-likeness (QED) is 0.860. The lowest BCUT2D eigenvalue weighted by Gasteiger charge is -2.12. The highest BCUT2D eigenvalue weighted by Crippen LogP contribution is 2.28. The fourth-order valence-electron chi connectivity index (χ4n) is 1.97. The van der Waals surface area contributed by atoms with Gasteiger partial charge in [-0.2, -0.15) is 0 Å². The highest BCUT2D eigenvalue weighted by molar-refractivity contribution is 7.13. The molecule has 0 radical (unpaired) electrons. The molecule has 0 aliphatic rings. The minimum atomic E-state index is -0.330. The number of hydrogen-bond acceptors (Lipinski definition) is 3. The first-order chi connectivity index (χ1) is 9.56. The van der Waals surface area contributed by atoms with Crippen molar-refractivity contribution in [3.05, 3.63) is 47.1 Å². The molecule has 1 aromatic heterocycles. The van der Waals surface area contributed by atoms with Crippen molar-refractivity contribution in [3.8, 4) is 10.4 Å². The van der Waals surface area contributed by atoms with Crippen LogP contribution >= 0.6 is 11.3 Å². The molecule has 1 aromatic carbocycles. The average Bonchev–Trinajstić information content (AvgIpc) is 2.90. The Hall–Kier alpha value is -1.72. The number of nitrogens with two attached hydrogens (primary N) is 1. The first-order valence-electron chi connectivity index (χ1n) is 6.40. The molecular formula is C15H17FN2OS. The summed E-state index contributed by atoms with van der Waals surface area (Å²) in [5.41, 5.74) is 6.73. The van der Waals surface area contributed by atoms with Crippen molar-refractivity contribution < 1.29 is 9.18 Å². The molecule has 3 N–H and O–H groups in total. The summed E-state index contributed by atoms with van der Waals surface area (Å²) in [6.07, 6.45) is 0.291. The standard InChI is InChI=1S/C15H17FN2OS/c1-10(7-15(17)19)18-9-11-4-5-13(16)12(8-11)14-3-2-6-20-14/h2-6,8,10,18H,7,9H2,1H3,(H2,17,19). The van der Waals surface area contributed by atoms with Gasteiger partial charge in [-0.05, 0) is 36.1 Å². The van der Waals surface area contributed by atoms with E-state index in [2.05, 4.69) is 5.32 Å². The van der Waals surface area contributed by atoms with Crippen molar-refractivity contribution >= 4 is 17.2 Å². The molecule has 0 spiro atoms. The molecule has 0 saturated carbocycles. The fourth-order valence-corrected chi connectivity index (χ4v) is 2.71. The molecule has 0 aliphatic carbocycles. The SMILES string of the molecule is CC(CC(N)=O)NCc1ccc(F)c(-c2cccs2)c1. The van der Waals surface area contributed by atoms with Gasteiger partial charge in [0.1, 0.15) is 5.82 Å². The Bertz CT molecular complexity index is 584. The number of thiophene rings is 1. The number of amides is 1. The number of nitrogens with one attached hydrogen (secondary N) is 1. The monoisotopic (exact) mass is 292 g/mol. The van der Waals surface area contributed by atoms with Crippen LogP contribution in [0, 0.1) is 5.82 Å². The van der Waals surface area contributed by atoms with Gasteiger partial charge in [-0.1, -0.05) is 12.1 Å². The van der Waals surface area contributed by atoms with E-state index in [1.165, 1.54) is 17.4 Å². The number of primary amides is 1. The van der Waals surface area contributed by atoms with Crippen LogP contribution in [0.5, 0.6) is 0 Å². The highest BCUT2D eigenvalue weighted by atomic mass is 32.1. The van der Waals surface area contributed by atoms with Gasteiger partial charge in [0.2, 0.25) is 5.91 Å². The molecule has 0 saturated heterocycles. The maximum Gasteiger partial charge on any atom is 0.218 e. The Morgan fingerprint density at radius 3 is 2.90 bits per heavy atom. The summed E-state index contributed by atoms with van der Waals surface area (Å²) >= 11 is 1.51. The smallest absolute Gasteiger partial charge is 0.218 e. The Morgan fingerprint density at radius 2 is 2.25 bits per heavy atom. The predicted molar refractivity (Wildman–Crippen MR) is 79.8 cm³/mol. The topological polar surface area (TPSA) is 55.1 Å². The second-order valence-electron chi connectivity index (χ2n) is 4.74. The van der Waals surface area contributed by atoms with Crippen LogP contribution in [0.4, 0.5) is 4.39 Å². The van der Waals surface area contributed by atoms with Gasteiger partial charge in [0.15, 0.2) is 0 Å². The van der Waals surface area contributed by atoms with Gasteiger partial charge in [0.25, 0.3) is 0 Å². The zero-order valence-corrected chi connectivity index (χ0v) is 12.0. The second-order valence-corrected chi connectivity index (χ2v) is 5.69. The molecule has 1 atom stereocenters. The van der Waals surface area contributed by atoms with Crippen molar-refractivity contribution in [1.29, 1.82) is 0 Å². The van der Waals surface area contributed by atoms with E-state index in [0.717, 1.165) is 10.4 Å². The first-order valence-corrected chi connectivity index (χ1v) is 7.28. The van der Waals surface area contributed by atoms with Gasteiger partial charge in [0, 0.05) is 29.4 Å². The third kappa shape index (κ3) is 3.88. The molecular weight excluding hydrogens is 275 g/mol. The Balaban J connectivity index is 2.06. The van der Waals surface area contributed by atoms with Crippen LogP contribution in [0.3, 0.4) is 0 Å². The van der Waals surface area contributed by atoms with Gasteiger partial charge in [-0.15, -0.1) is 11.3 Å². The number of halogens is 1. The minimum absolute atomic E-state index is 0.00254. The largest absolute Gasteiger partial charge is 0.370 e. The molecule has 2 rings (SSSR count). The summed E-state index contributed by atoms with van der Waals surface area (Å²) in [4.78, 5) is 11.7. The van der Waals surface area contributed by atoms with E-state index in [9.17, 15) is 9.18 Å². The van der Waals surface area contributed by atoms with E-state index in [-0.39, 0.29) is 17.8 Å². The molecule has 0 aliphatic heterocycles. The van der Waals surface area contributed by atoms with Crippen LogP contribution in [0.1, 0.15) is 18.9 Å². The van der Waals surface area contributed by atoms with Crippen molar-refractivity contribution in [2.75, 3.05) is 0 Å². The lowest BCUT2D eigenvalue weighted by atomic mass is 10.1. The summed E-state index contributed by atoms with van der Waals surface area (Å²) in [6, 6.07) is 8.87. The maximum atomic E-state index is 13.8. The summed E-state index contributed by atoms with van der Waals surface area (Å²) in [5, 5.41) is 5.13. The summed E-state index contributed by atoms with van der Waals surface area (Å²) < 4.78 is 13.8. The summed E-state index contributed by atoms with van der Waals surface area (Å²) in [6.45, 7) is 2.47. The van der Waals surface area contributed by atoms with Gasteiger partial charge >= 0.3 is 0 Å². The zero-order valence-electron chi connectivity index (χ0n) is 11.2. The lowest BCUT2D eigenvalue weighted by Crippen LogP contribution is -2.30. The first kappa shape index (κ1) is 14.7. The molecule has 106 valence electrons. The van der Waals surface area contributed by atoms with Crippen LogP contribution in [0.25, 0.3) is 10.4 Å². The van der Waals surface area contributed by atoms with Crippen molar-refractivity contribution in [1.82, 2.24) is 5.32 Å². The molecule has 0 fully saturated rings. The average molecular weight is 292 g/mol. The molecule has 3 nitrogen and oxygen atoms in total. The third-order valence-corrected chi connectivity index (χ3v) is 3.88. The van der Waals surface area contributed by atoms with E-state index in [1.54, 1.807) is 6.07 Å². The number of benzene rings is 1. The van der Waals surface area contributed by atoms with Crippen LogP contribution in [-0.2, 0) is 11.3 Å². The van der Waals surface area contributed by atoms with Crippen LogP contribution < -0.4 is 11.1 Å². The Kier molecular flexibility index (Phi) is 4.87. The molecule has 5 heteroatoms. The minimum Gasteiger partial charge on any atom is -0.370 e. The summed E-state index contributed by atoms with van der Waals surface area (Å²) in [7, 11) is 0. The van der Waals surface area contributed by atoms with Crippen LogP contribution in [0.15, 0.2) is 35.7 Å². The number of carbonyl (C=O) groups excluding carboxylic acids is 1. The Morgan fingerprint density at radius 1 is 1.45 bits per heavy atom. The lowest BCUT2D eigenvalue weighted by molar-refractivity contribution is -0.118. The van der Waals surface area contributed by atoms with Gasteiger partial charge in [-0.25, -0.2) is 4.39 Å². The van der Waals surface area contributed by atoms with Gasteiger partial charge in [0.05, 0.1) is 0 Å². The summed E-state index contributed by atoms with van der Waals surface area (Å²) in [5.74, 6) is -0.551. The predicted octanol–water partition coefficient (Wildman–Crippen LogP) is 2.91. The highest BCUT2D eigenvalue weighted by Gasteiger charge is 2.09. The van der Waals surface area contributed by atoms with Crippen LogP contribution in [-0.4, -0.2) is 11.9 Å².